The fourth-order valence-corrected chi connectivity index (χ4v) is 3.62. The van der Waals surface area contributed by atoms with Crippen molar-refractivity contribution in [2.45, 2.75) is 6.92 Å². The lowest BCUT2D eigenvalue weighted by Crippen LogP contribution is -2.27. The Kier molecular flexibility index (Phi) is 4.59. The highest BCUT2D eigenvalue weighted by Crippen LogP contribution is 2.37. The van der Waals surface area contributed by atoms with E-state index in [1.54, 1.807) is 18.2 Å². The number of carbonyl (C=O) groups is 1. The van der Waals surface area contributed by atoms with Crippen molar-refractivity contribution in [2.75, 3.05) is 12.0 Å². The van der Waals surface area contributed by atoms with Gasteiger partial charge in [0.25, 0.3) is 5.91 Å². The third-order valence-electron chi connectivity index (χ3n) is 3.59. The molecular formula is C18H15NO3S2. The molecule has 1 amide bonds. The second-order valence-electron chi connectivity index (χ2n) is 5.28. The molecule has 0 aromatic heterocycles. The largest absolute Gasteiger partial charge is 0.504 e. The summed E-state index contributed by atoms with van der Waals surface area (Å²) in [5.41, 5.74) is 2.64. The van der Waals surface area contributed by atoms with E-state index in [1.165, 1.54) is 29.8 Å². The minimum absolute atomic E-state index is 0.0573. The number of hydrogen-bond donors (Lipinski definition) is 1. The summed E-state index contributed by atoms with van der Waals surface area (Å²) in [6, 6.07) is 12.6. The summed E-state index contributed by atoms with van der Waals surface area (Å²) < 4.78 is 5.59. The van der Waals surface area contributed by atoms with Gasteiger partial charge in [-0.05, 0) is 42.8 Å². The van der Waals surface area contributed by atoms with Crippen molar-refractivity contribution in [2.24, 2.45) is 0 Å². The van der Waals surface area contributed by atoms with Crippen molar-refractivity contribution < 1.29 is 14.6 Å². The molecule has 2 aromatic rings. The van der Waals surface area contributed by atoms with Crippen LogP contribution in [0, 0.1) is 6.92 Å². The Morgan fingerprint density at radius 3 is 2.58 bits per heavy atom. The lowest BCUT2D eigenvalue weighted by Gasteiger charge is -2.14. The van der Waals surface area contributed by atoms with E-state index in [9.17, 15) is 9.90 Å². The lowest BCUT2D eigenvalue weighted by molar-refractivity contribution is -0.113. The standard InChI is InChI=1S/C18H15NO3S2/c1-11-3-6-13(7-4-11)19-17(21)16(24-18(19)23)10-12-5-8-14(20)15(9-12)22-2/h3-10,20H,1-2H3/b16-10+. The monoisotopic (exact) mass is 357 g/mol. The maximum Gasteiger partial charge on any atom is 0.270 e. The maximum atomic E-state index is 12.7. The first kappa shape index (κ1) is 16.5. The summed E-state index contributed by atoms with van der Waals surface area (Å²) in [6.45, 7) is 1.99. The normalized spacial score (nSPS) is 16.1. The molecule has 2 aromatic carbocycles. The van der Waals surface area contributed by atoms with Crippen molar-refractivity contribution in [3.8, 4) is 11.5 Å². The molecular weight excluding hydrogens is 342 g/mol. The van der Waals surface area contributed by atoms with Gasteiger partial charge in [0.15, 0.2) is 15.8 Å². The molecule has 0 unspecified atom stereocenters. The number of carbonyl (C=O) groups excluding carboxylic acids is 1. The van der Waals surface area contributed by atoms with E-state index in [0.717, 1.165) is 16.8 Å². The molecule has 0 spiro atoms. The molecule has 3 rings (SSSR count). The number of thioether (sulfide) groups is 1. The Morgan fingerprint density at radius 1 is 1.21 bits per heavy atom. The number of ether oxygens (including phenoxy) is 1. The Bertz CT molecular complexity index is 844. The summed E-state index contributed by atoms with van der Waals surface area (Å²) in [5.74, 6) is 0.264. The number of benzene rings is 2. The second kappa shape index (κ2) is 6.67. The first-order chi connectivity index (χ1) is 11.5. The highest BCUT2D eigenvalue weighted by atomic mass is 32.2. The molecule has 1 saturated heterocycles. The number of thiocarbonyl (C=S) groups is 1. The molecule has 0 atom stereocenters. The van der Waals surface area contributed by atoms with Gasteiger partial charge in [0.2, 0.25) is 0 Å². The Balaban J connectivity index is 1.92. The number of methoxy groups -OCH3 is 1. The average molecular weight is 357 g/mol. The molecule has 4 nitrogen and oxygen atoms in total. The molecule has 122 valence electrons. The second-order valence-corrected chi connectivity index (χ2v) is 6.96. The topological polar surface area (TPSA) is 49.8 Å². The van der Waals surface area contributed by atoms with Crippen molar-refractivity contribution in [3.05, 3.63) is 58.5 Å². The first-order valence-corrected chi connectivity index (χ1v) is 8.43. The molecule has 1 heterocycles. The minimum atomic E-state index is -0.152. The summed E-state index contributed by atoms with van der Waals surface area (Å²) in [5, 5.41) is 9.66. The van der Waals surface area contributed by atoms with Crippen molar-refractivity contribution >= 4 is 46.0 Å². The van der Waals surface area contributed by atoms with Crippen LogP contribution < -0.4 is 9.64 Å². The van der Waals surface area contributed by atoms with Gasteiger partial charge >= 0.3 is 0 Å². The zero-order valence-electron chi connectivity index (χ0n) is 13.1. The molecule has 1 aliphatic heterocycles. The molecule has 24 heavy (non-hydrogen) atoms. The number of hydrogen-bond acceptors (Lipinski definition) is 5. The van der Waals surface area contributed by atoms with Gasteiger partial charge in [-0.1, -0.05) is 47.7 Å². The zero-order valence-corrected chi connectivity index (χ0v) is 14.8. The summed E-state index contributed by atoms with van der Waals surface area (Å²) in [4.78, 5) is 14.8. The molecule has 1 aliphatic rings. The highest BCUT2D eigenvalue weighted by Gasteiger charge is 2.33. The van der Waals surface area contributed by atoms with Crippen LogP contribution in [0.1, 0.15) is 11.1 Å². The van der Waals surface area contributed by atoms with Crippen LogP contribution >= 0.6 is 24.0 Å². The molecule has 1 fully saturated rings. The number of rotatable bonds is 3. The van der Waals surface area contributed by atoms with Gasteiger partial charge < -0.3 is 9.84 Å². The average Bonchev–Trinajstić information content (AvgIpc) is 2.84. The number of phenolic OH excluding ortho intramolecular Hbond substituents is 1. The van der Waals surface area contributed by atoms with Gasteiger partial charge in [-0.15, -0.1) is 0 Å². The predicted molar refractivity (Wildman–Crippen MR) is 101 cm³/mol. The summed E-state index contributed by atoms with van der Waals surface area (Å²) in [6.07, 6.45) is 1.75. The van der Waals surface area contributed by atoms with Crippen molar-refractivity contribution in [1.82, 2.24) is 0 Å². The van der Waals surface area contributed by atoms with Gasteiger partial charge in [-0.2, -0.15) is 0 Å². The Hall–Kier alpha value is -2.31. The smallest absolute Gasteiger partial charge is 0.270 e. The zero-order chi connectivity index (χ0) is 17.3. The van der Waals surface area contributed by atoms with E-state index < -0.39 is 0 Å². The van der Waals surface area contributed by atoms with Gasteiger partial charge in [-0.3, -0.25) is 9.69 Å². The first-order valence-electron chi connectivity index (χ1n) is 7.21. The van der Waals surface area contributed by atoms with E-state index in [1.807, 2.05) is 31.2 Å². The van der Waals surface area contributed by atoms with Crippen LogP contribution in [0.3, 0.4) is 0 Å². The lowest BCUT2D eigenvalue weighted by atomic mass is 10.1. The van der Waals surface area contributed by atoms with Gasteiger partial charge in [-0.25, -0.2) is 0 Å². The van der Waals surface area contributed by atoms with Crippen LogP contribution in [-0.2, 0) is 4.79 Å². The van der Waals surface area contributed by atoms with Crippen LogP contribution in [-0.4, -0.2) is 22.4 Å². The SMILES string of the molecule is COc1cc(/C=C2/SC(=S)N(c3ccc(C)cc3)C2=O)ccc1O. The quantitative estimate of drug-likeness (QED) is 0.662. The van der Waals surface area contributed by atoms with E-state index in [4.69, 9.17) is 17.0 Å². The fraction of sp³-hybridized carbons (Fsp3) is 0.111. The van der Waals surface area contributed by atoms with E-state index in [0.29, 0.717) is 15.0 Å². The predicted octanol–water partition coefficient (Wildman–Crippen LogP) is 4.12. The maximum absolute atomic E-state index is 12.7. The minimum Gasteiger partial charge on any atom is -0.504 e. The number of anilines is 1. The number of aromatic hydroxyl groups is 1. The van der Waals surface area contributed by atoms with Crippen molar-refractivity contribution in [1.29, 1.82) is 0 Å². The molecule has 0 bridgehead atoms. The summed E-state index contributed by atoms with van der Waals surface area (Å²) >= 11 is 6.62. The Labute approximate surface area is 149 Å². The third-order valence-corrected chi connectivity index (χ3v) is 4.89. The van der Waals surface area contributed by atoms with Gasteiger partial charge in [0.05, 0.1) is 17.7 Å². The van der Waals surface area contributed by atoms with Gasteiger partial charge in [0, 0.05) is 0 Å². The third kappa shape index (κ3) is 3.16. The van der Waals surface area contributed by atoms with Crippen LogP contribution in [0.5, 0.6) is 11.5 Å². The van der Waals surface area contributed by atoms with Crippen LogP contribution in [0.25, 0.3) is 6.08 Å². The van der Waals surface area contributed by atoms with Crippen LogP contribution in [0.2, 0.25) is 0 Å². The van der Waals surface area contributed by atoms with Gasteiger partial charge in [0.1, 0.15) is 0 Å². The molecule has 0 aliphatic carbocycles. The van der Waals surface area contributed by atoms with Crippen LogP contribution in [0.15, 0.2) is 47.4 Å². The van der Waals surface area contributed by atoms with Crippen molar-refractivity contribution in [3.63, 3.8) is 0 Å². The van der Waals surface area contributed by atoms with Crippen LogP contribution in [0.4, 0.5) is 5.69 Å². The number of amides is 1. The molecule has 0 saturated carbocycles. The highest BCUT2D eigenvalue weighted by molar-refractivity contribution is 8.27. The number of phenols is 1. The molecule has 1 N–H and O–H groups in total. The van der Waals surface area contributed by atoms with E-state index in [-0.39, 0.29) is 11.7 Å². The molecule has 0 radical (unpaired) electrons. The van der Waals surface area contributed by atoms with E-state index in [2.05, 4.69) is 0 Å². The molecule has 6 heteroatoms. The van der Waals surface area contributed by atoms with E-state index >= 15 is 0 Å². The number of aryl methyl sites for hydroxylation is 1. The Morgan fingerprint density at radius 2 is 1.92 bits per heavy atom. The summed E-state index contributed by atoms with van der Waals surface area (Å²) in [7, 11) is 1.48. The fourth-order valence-electron chi connectivity index (χ4n) is 2.32. The number of nitrogens with zero attached hydrogens (tertiary/aromatic N) is 1.